The number of carbonyl (C=O) groups excluding carboxylic acids is 1. The summed E-state index contributed by atoms with van der Waals surface area (Å²) in [6.45, 7) is 2.25. The molecule has 0 fully saturated rings. The molecule has 0 spiro atoms. The molecule has 0 saturated carbocycles. The minimum Gasteiger partial charge on any atom is -0.393 e. The number of carbonyl (C=O) groups is 1. The van der Waals surface area contributed by atoms with Gasteiger partial charge in [0.25, 0.3) is 5.91 Å². The third-order valence-electron chi connectivity index (χ3n) is 2.84. The standard InChI is InChI=1S/C13H14N4O3S/c1-2-8-6-15-11(21-8)7-16-13(18)9-4-3-5-10(14)12(9)17(19)20/h3-6H,2,7,14H2,1H3,(H,16,18). The van der Waals surface area contributed by atoms with Gasteiger partial charge in [0.2, 0.25) is 0 Å². The highest BCUT2D eigenvalue weighted by Gasteiger charge is 2.22. The third kappa shape index (κ3) is 3.34. The molecule has 1 heterocycles. The fourth-order valence-corrected chi connectivity index (χ4v) is 2.59. The van der Waals surface area contributed by atoms with Crippen molar-refractivity contribution in [2.24, 2.45) is 0 Å². The second-order valence-electron chi connectivity index (χ2n) is 4.26. The summed E-state index contributed by atoms with van der Waals surface area (Å²) in [6.07, 6.45) is 2.64. The first-order chi connectivity index (χ1) is 10.0. The number of nitro benzene ring substituents is 1. The number of hydrogen-bond acceptors (Lipinski definition) is 6. The van der Waals surface area contributed by atoms with Crippen LogP contribution in [0, 0.1) is 10.1 Å². The molecule has 0 saturated heterocycles. The van der Waals surface area contributed by atoms with Crippen LogP contribution >= 0.6 is 11.3 Å². The van der Waals surface area contributed by atoms with Gasteiger partial charge in [0.15, 0.2) is 0 Å². The summed E-state index contributed by atoms with van der Waals surface area (Å²) in [5.74, 6) is -0.540. The Hall–Kier alpha value is -2.48. The van der Waals surface area contributed by atoms with Gasteiger partial charge >= 0.3 is 5.69 Å². The normalized spacial score (nSPS) is 10.3. The quantitative estimate of drug-likeness (QED) is 0.499. The number of aryl methyl sites for hydroxylation is 1. The Morgan fingerprint density at radius 2 is 2.29 bits per heavy atom. The lowest BCUT2D eigenvalue weighted by molar-refractivity contribution is -0.384. The molecule has 0 aliphatic carbocycles. The van der Waals surface area contributed by atoms with E-state index in [1.807, 2.05) is 6.92 Å². The lowest BCUT2D eigenvalue weighted by Crippen LogP contribution is -2.24. The molecular weight excluding hydrogens is 292 g/mol. The lowest BCUT2D eigenvalue weighted by Gasteiger charge is -2.05. The van der Waals surface area contributed by atoms with Gasteiger partial charge in [-0.05, 0) is 18.6 Å². The van der Waals surface area contributed by atoms with Crippen LogP contribution in [0.4, 0.5) is 11.4 Å². The molecule has 0 unspecified atom stereocenters. The molecule has 1 amide bonds. The molecule has 1 aromatic carbocycles. The molecule has 0 atom stereocenters. The van der Waals surface area contributed by atoms with Gasteiger partial charge in [0, 0.05) is 11.1 Å². The van der Waals surface area contributed by atoms with Crippen molar-refractivity contribution in [3.63, 3.8) is 0 Å². The van der Waals surface area contributed by atoms with Crippen molar-refractivity contribution in [1.29, 1.82) is 0 Å². The smallest absolute Gasteiger partial charge is 0.304 e. The maximum atomic E-state index is 12.1. The predicted octanol–water partition coefficient (Wildman–Crippen LogP) is 2.13. The van der Waals surface area contributed by atoms with Crippen molar-refractivity contribution in [2.45, 2.75) is 19.9 Å². The van der Waals surface area contributed by atoms with Crippen LogP contribution in [0.25, 0.3) is 0 Å². The number of benzene rings is 1. The van der Waals surface area contributed by atoms with Crippen molar-refractivity contribution < 1.29 is 9.72 Å². The van der Waals surface area contributed by atoms with Crippen molar-refractivity contribution >= 4 is 28.6 Å². The SMILES string of the molecule is CCc1cnc(CNC(=O)c2cccc(N)c2[N+](=O)[O-])s1. The molecule has 1 aromatic heterocycles. The van der Waals surface area contributed by atoms with Gasteiger partial charge in [-0.3, -0.25) is 14.9 Å². The van der Waals surface area contributed by atoms with Crippen molar-refractivity contribution in [3.8, 4) is 0 Å². The summed E-state index contributed by atoms with van der Waals surface area (Å²) >= 11 is 1.50. The van der Waals surface area contributed by atoms with Crippen molar-refractivity contribution in [2.75, 3.05) is 5.73 Å². The van der Waals surface area contributed by atoms with E-state index in [-0.39, 0.29) is 23.5 Å². The van der Waals surface area contributed by atoms with E-state index in [0.717, 1.165) is 16.3 Å². The first-order valence-corrected chi connectivity index (χ1v) is 7.09. The number of nitrogens with one attached hydrogen (secondary N) is 1. The van der Waals surface area contributed by atoms with Gasteiger partial charge in [-0.1, -0.05) is 13.0 Å². The number of thiazole rings is 1. The Bertz CT molecular complexity index is 684. The first-order valence-electron chi connectivity index (χ1n) is 6.27. The molecule has 110 valence electrons. The van der Waals surface area contributed by atoms with Gasteiger partial charge < -0.3 is 11.1 Å². The van der Waals surface area contributed by atoms with Gasteiger partial charge in [0.1, 0.15) is 16.3 Å². The summed E-state index contributed by atoms with van der Waals surface area (Å²) < 4.78 is 0. The molecule has 7 nitrogen and oxygen atoms in total. The van der Waals surface area contributed by atoms with Crippen LogP contribution < -0.4 is 11.1 Å². The van der Waals surface area contributed by atoms with E-state index in [0.29, 0.717) is 0 Å². The Labute approximate surface area is 125 Å². The van der Waals surface area contributed by atoms with E-state index in [2.05, 4.69) is 10.3 Å². The number of nitrogen functional groups attached to an aromatic ring is 1. The average molecular weight is 306 g/mol. The number of rotatable bonds is 5. The molecule has 0 radical (unpaired) electrons. The number of amides is 1. The molecule has 8 heteroatoms. The number of nitro groups is 1. The van der Waals surface area contributed by atoms with Crippen LogP contribution in [0.15, 0.2) is 24.4 Å². The van der Waals surface area contributed by atoms with Crippen LogP contribution in [-0.4, -0.2) is 15.8 Å². The monoisotopic (exact) mass is 306 g/mol. The van der Waals surface area contributed by atoms with Crippen LogP contribution in [-0.2, 0) is 13.0 Å². The third-order valence-corrected chi connectivity index (χ3v) is 3.99. The van der Waals surface area contributed by atoms with E-state index in [9.17, 15) is 14.9 Å². The zero-order valence-corrected chi connectivity index (χ0v) is 12.1. The van der Waals surface area contributed by atoms with E-state index >= 15 is 0 Å². The molecule has 3 N–H and O–H groups in total. The van der Waals surface area contributed by atoms with Gasteiger partial charge in [-0.2, -0.15) is 0 Å². The molecule has 0 aliphatic rings. The van der Waals surface area contributed by atoms with E-state index < -0.39 is 10.8 Å². The van der Waals surface area contributed by atoms with Gasteiger partial charge in [-0.25, -0.2) is 4.98 Å². The van der Waals surface area contributed by atoms with Crippen molar-refractivity contribution in [1.82, 2.24) is 10.3 Å². The number of nitrogens with zero attached hydrogens (tertiary/aromatic N) is 2. The summed E-state index contributed by atoms with van der Waals surface area (Å²) in [4.78, 5) is 27.7. The summed E-state index contributed by atoms with van der Waals surface area (Å²) in [5, 5.41) is 14.4. The van der Waals surface area contributed by atoms with Crippen LogP contribution in [0.1, 0.15) is 27.2 Å². The Kier molecular flexibility index (Phi) is 4.49. The second kappa shape index (κ2) is 6.31. The maximum absolute atomic E-state index is 12.1. The fourth-order valence-electron chi connectivity index (χ4n) is 1.79. The number of para-hydroxylation sites is 1. The van der Waals surface area contributed by atoms with Gasteiger partial charge in [-0.15, -0.1) is 11.3 Å². The van der Waals surface area contributed by atoms with E-state index in [1.165, 1.54) is 29.5 Å². The highest BCUT2D eigenvalue weighted by molar-refractivity contribution is 7.11. The molecule has 0 bridgehead atoms. The largest absolute Gasteiger partial charge is 0.393 e. The minimum atomic E-state index is -0.650. The number of hydrogen-bond donors (Lipinski definition) is 2. The van der Waals surface area contributed by atoms with Crippen LogP contribution in [0.5, 0.6) is 0 Å². The molecule has 0 aliphatic heterocycles. The second-order valence-corrected chi connectivity index (χ2v) is 5.46. The Morgan fingerprint density at radius 3 is 2.90 bits per heavy atom. The highest BCUT2D eigenvalue weighted by Crippen LogP contribution is 2.25. The summed E-state index contributed by atoms with van der Waals surface area (Å²) in [6, 6.07) is 4.28. The number of aromatic nitrogens is 1. The zero-order chi connectivity index (χ0) is 15.4. The predicted molar refractivity (Wildman–Crippen MR) is 80.2 cm³/mol. The fraction of sp³-hybridized carbons (Fsp3) is 0.231. The summed E-state index contributed by atoms with van der Waals surface area (Å²) in [7, 11) is 0. The number of nitrogens with two attached hydrogens (primary N) is 1. The number of anilines is 1. The Morgan fingerprint density at radius 1 is 1.52 bits per heavy atom. The molecule has 2 rings (SSSR count). The van der Waals surface area contributed by atoms with E-state index in [4.69, 9.17) is 5.73 Å². The molecular formula is C13H14N4O3S. The summed E-state index contributed by atoms with van der Waals surface area (Å²) in [5.41, 5.74) is 5.10. The highest BCUT2D eigenvalue weighted by atomic mass is 32.1. The van der Waals surface area contributed by atoms with Gasteiger partial charge in [0.05, 0.1) is 11.5 Å². The minimum absolute atomic E-state index is 0.0323. The van der Waals surface area contributed by atoms with Crippen molar-refractivity contribution in [3.05, 3.63) is 50.0 Å². The Balaban J connectivity index is 2.14. The topological polar surface area (TPSA) is 111 Å². The lowest BCUT2D eigenvalue weighted by atomic mass is 10.1. The maximum Gasteiger partial charge on any atom is 0.304 e. The average Bonchev–Trinajstić information content (AvgIpc) is 2.92. The molecule has 2 aromatic rings. The first kappa shape index (κ1) is 14.9. The van der Waals surface area contributed by atoms with E-state index in [1.54, 1.807) is 6.20 Å². The van der Waals surface area contributed by atoms with Crippen LogP contribution in [0.2, 0.25) is 0 Å². The molecule has 21 heavy (non-hydrogen) atoms. The van der Waals surface area contributed by atoms with Crippen LogP contribution in [0.3, 0.4) is 0 Å². The zero-order valence-electron chi connectivity index (χ0n) is 11.3.